The van der Waals surface area contributed by atoms with Crippen molar-refractivity contribution in [2.75, 3.05) is 12.4 Å². The van der Waals surface area contributed by atoms with Crippen LogP contribution in [-0.4, -0.2) is 55.4 Å². The molecule has 1 aromatic carbocycles. The maximum absolute atomic E-state index is 12.9. The molecule has 31 heavy (non-hydrogen) atoms. The van der Waals surface area contributed by atoms with Gasteiger partial charge in [-0.05, 0) is 86.3 Å². The molecule has 0 amide bonds. The predicted octanol–water partition coefficient (Wildman–Crippen LogP) is 2.26. The second kappa shape index (κ2) is 8.83. The smallest absolute Gasteiger partial charge is 0.339 e. The molecule has 9 nitrogen and oxygen atoms in total. The molecule has 3 aliphatic rings. The van der Waals surface area contributed by atoms with Crippen LogP contribution in [0.5, 0.6) is 0 Å². The average Bonchev–Trinajstić information content (AvgIpc) is 3.26. The number of esters is 3. The SMILES string of the molecule is O=C(OC1C2CC3C(OC(=O)C31)C2C(=O)OCCS(=O)(=O)O)c1cc(I)cc(I)c1I. The summed E-state index contributed by atoms with van der Waals surface area (Å²) in [7, 11) is -4.28. The molecule has 1 N–H and O–H groups in total. The van der Waals surface area contributed by atoms with Crippen LogP contribution in [0.1, 0.15) is 16.8 Å². The number of carbonyl (C=O) groups excluding carboxylic acids is 3. The maximum atomic E-state index is 12.9. The van der Waals surface area contributed by atoms with Crippen LogP contribution in [0.4, 0.5) is 0 Å². The van der Waals surface area contributed by atoms with Gasteiger partial charge in [0.1, 0.15) is 36.4 Å². The zero-order chi connectivity index (χ0) is 22.7. The lowest BCUT2D eigenvalue weighted by Crippen LogP contribution is -2.43. The molecular formula is C18H15I3O9S. The quantitative estimate of drug-likeness (QED) is 0.152. The number of ether oxygens (including phenoxy) is 3. The van der Waals surface area contributed by atoms with Crippen LogP contribution in [0.3, 0.4) is 0 Å². The van der Waals surface area contributed by atoms with E-state index in [-0.39, 0.29) is 5.92 Å². The third kappa shape index (κ3) is 4.57. The molecule has 1 aromatic rings. The van der Waals surface area contributed by atoms with Crippen LogP contribution in [0.25, 0.3) is 0 Å². The fourth-order valence-corrected chi connectivity index (χ4v) is 7.36. The molecule has 0 spiro atoms. The second-order valence-corrected chi connectivity index (χ2v) is 12.6. The van der Waals surface area contributed by atoms with Crippen LogP contribution in [0, 0.1) is 34.4 Å². The second-order valence-electron chi connectivity index (χ2n) is 7.59. The van der Waals surface area contributed by atoms with E-state index in [0.29, 0.717) is 12.0 Å². The summed E-state index contributed by atoms with van der Waals surface area (Å²) < 4.78 is 49.2. The van der Waals surface area contributed by atoms with Crippen molar-refractivity contribution >= 4 is 95.8 Å². The van der Waals surface area contributed by atoms with Gasteiger partial charge in [0.2, 0.25) is 0 Å². The minimum atomic E-state index is -4.28. The highest BCUT2D eigenvalue weighted by atomic mass is 127. The highest BCUT2D eigenvalue weighted by Gasteiger charge is 2.70. The molecule has 0 radical (unpaired) electrons. The van der Waals surface area contributed by atoms with Gasteiger partial charge < -0.3 is 14.2 Å². The van der Waals surface area contributed by atoms with E-state index >= 15 is 0 Å². The maximum Gasteiger partial charge on any atom is 0.339 e. The van der Waals surface area contributed by atoms with Crippen LogP contribution in [-0.2, 0) is 33.9 Å². The Morgan fingerprint density at radius 2 is 1.90 bits per heavy atom. The first-order chi connectivity index (χ1) is 14.5. The number of halogens is 3. The van der Waals surface area contributed by atoms with Crippen molar-refractivity contribution in [1.29, 1.82) is 0 Å². The number of fused-ring (bicyclic) bond motifs is 1. The third-order valence-electron chi connectivity index (χ3n) is 5.86. The first-order valence-corrected chi connectivity index (χ1v) is 14.0. The molecule has 6 unspecified atom stereocenters. The number of benzene rings is 1. The molecule has 168 valence electrons. The number of hydrogen-bond donors (Lipinski definition) is 1. The Hall–Kier alpha value is -0.270. The van der Waals surface area contributed by atoms with Crippen LogP contribution in [0.2, 0.25) is 0 Å². The third-order valence-corrected chi connectivity index (χ3v) is 10.2. The molecule has 13 heteroatoms. The molecular weight excluding hydrogens is 773 g/mol. The molecule has 0 aromatic heterocycles. The van der Waals surface area contributed by atoms with E-state index in [2.05, 4.69) is 67.8 Å². The van der Waals surface area contributed by atoms with Crippen molar-refractivity contribution in [3.05, 3.63) is 28.4 Å². The van der Waals surface area contributed by atoms with Crippen molar-refractivity contribution in [3.8, 4) is 0 Å². The molecule has 1 heterocycles. The van der Waals surface area contributed by atoms with E-state index in [9.17, 15) is 22.8 Å². The number of rotatable bonds is 6. The van der Waals surface area contributed by atoms with Gasteiger partial charge in [-0.25, -0.2) is 4.79 Å². The van der Waals surface area contributed by atoms with Crippen molar-refractivity contribution in [2.45, 2.75) is 18.6 Å². The van der Waals surface area contributed by atoms with Gasteiger partial charge in [-0.2, -0.15) is 8.42 Å². The molecule has 1 aliphatic heterocycles. The molecule has 2 aliphatic carbocycles. The summed E-state index contributed by atoms with van der Waals surface area (Å²) in [6.07, 6.45) is -1.03. The van der Waals surface area contributed by atoms with Gasteiger partial charge in [0.25, 0.3) is 10.1 Å². The Morgan fingerprint density at radius 1 is 1.19 bits per heavy atom. The van der Waals surface area contributed by atoms with E-state index in [1.54, 1.807) is 6.07 Å². The van der Waals surface area contributed by atoms with Crippen LogP contribution in [0.15, 0.2) is 12.1 Å². The zero-order valence-corrected chi connectivity index (χ0v) is 22.8. The standard InChI is InChI=1S/C18H15I3O9S/c19-6-3-9(13(21)10(20)4-6)16(22)29-15-7-5-8-12(15)18(24)30-14(8)11(7)17(23)28-1-2-31(25,26)27/h3-4,7-8,11-12,14-15H,1-2,5H2,(H,25,26,27). The summed E-state index contributed by atoms with van der Waals surface area (Å²) in [5.41, 5.74) is 0.384. The molecule has 3 fully saturated rings. The van der Waals surface area contributed by atoms with E-state index in [0.717, 1.165) is 10.7 Å². The number of carbonyl (C=O) groups is 3. The summed E-state index contributed by atoms with van der Waals surface area (Å²) in [6.45, 7) is -0.515. The lowest BCUT2D eigenvalue weighted by atomic mass is 9.80. The minimum absolute atomic E-state index is 0.260. The first kappa shape index (κ1) is 23.9. The molecule has 2 bridgehead atoms. The predicted molar refractivity (Wildman–Crippen MR) is 130 cm³/mol. The van der Waals surface area contributed by atoms with Gasteiger partial charge in [-0.15, -0.1) is 0 Å². The summed E-state index contributed by atoms with van der Waals surface area (Å²) in [5, 5.41) is 0. The van der Waals surface area contributed by atoms with E-state index in [1.807, 2.05) is 6.07 Å². The highest BCUT2D eigenvalue weighted by molar-refractivity contribution is 14.1. The van der Waals surface area contributed by atoms with Gasteiger partial charge in [0, 0.05) is 22.5 Å². The van der Waals surface area contributed by atoms with Gasteiger partial charge >= 0.3 is 17.9 Å². The largest absolute Gasteiger partial charge is 0.464 e. The molecule has 4 rings (SSSR count). The normalized spacial score (nSPS) is 30.9. The average molecular weight is 788 g/mol. The Kier molecular flexibility index (Phi) is 6.80. The topological polar surface area (TPSA) is 133 Å². The van der Waals surface area contributed by atoms with Crippen LogP contribution >= 0.6 is 67.8 Å². The van der Waals surface area contributed by atoms with Crippen molar-refractivity contribution in [2.24, 2.45) is 23.7 Å². The highest BCUT2D eigenvalue weighted by Crippen LogP contribution is 2.58. The lowest BCUT2D eigenvalue weighted by Gasteiger charge is -2.30. The molecule has 1 saturated heterocycles. The summed E-state index contributed by atoms with van der Waals surface area (Å²) in [6, 6.07) is 3.63. The Morgan fingerprint density at radius 3 is 2.58 bits per heavy atom. The van der Waals surface area contributed by atoms with E-state index < -0.39 is 70.3 Å². The van der Waals surface area contributed by atoms with E-state index in [4.69, 9.17) is 18.8 Å². The van der Waals surface area contributed by atoms with Crippen molar-refractivity contribution in [3.63, 3.8) is 0 Å². The Balaban J connectivity index is 1.53. The summed E-state index contributed by atoms with van der Waals surface area (Å²) >= 11 is 6.29. The van der Waals surface area contributed by atoms with Gasteiger partial charge in [0.15, 0.2) is 0 Å². The monoisotopic (exact) mass is 788 g/mol. The Labute approximate surface area is 218 Å². The van der Waals surface area contributed by atoms with Gasteiger partial charge in [0.05, 0.1) is 5.56 Å². The minimum Gasteiger partial charge on any atom is -0.464 e. The first-order valence-electron chi connectivity index (χ1n) is 9.15. The van der Waals surface area contributed by atoms with Gasteiger partial charge in [-0.3, -0.25) is 14.1 Å². The summed E-state index contributed by atoms with van der Waals surface area (Å²) in [4.78, 5) is 38.0. The fraction of sp³-hybridized carbons (Fsp3) is 0.500. The molecule has 6 atom stereocenters. The fourth-order valence-electron chi connectivity index (χ4n) is 4.69. The van der Waals surface area contributed by atoms with Crippen LogP contribution < -0.4 is 0 Å². The zero-order valence-electron chi connectivity index (χ0n) is 15.5. The van der Waals surface area contributed by atoms with Crippen molar-refractivity contribution < 1.29 is 41.6 Å². The van der Waals surface area contributed by atoms with Crippen molar-refractivity contribution in [1.82, 2.24) is 0 Å². The molecule has 2 saturated carbocycles. The lowest BCUT2D eigenvalue weighted by molar-refractivity contribution is -0.157. The van der Waals surface area contributed by atoms with E-state index in [1.165, 1.54) is 0 Å². The Bertz CT molecular complexity index is 1070. The summed E-state index contributed by atoms with van der Waals surface area (Å²) in [5.74, 6) is -4.73. The van der Waals surface area contributed by atoms with Gasteiger partial charge in [-0.1, -0.05) is 0 Å². The number of hydrogen-bond acceptors (Lipinski definition) is 8.